The molecular formula is C25H22N2O2. The minimum atomic E-state index is -0.241. The normalized spacial score (nSPS) is 10.2. The van der Waals surface area contributed by atoms with Crippen LogP contribution in [0.4, 0.5) is 11.4 Å². The van der Waals surface area contributed by atoms with Gasteiger partial charge in [0.25, 0.3) is 0 Å². The van der Waals surface area contributed by atoms with Crippen molar-refractivity contribution in [1.82, 2.24) is 0 Å². The third-order valence-electron chi connectivity index (χ3n) is 4.53. The Morgan fingerprint density at radius 2 is 1.00 bits per heavy atom. The number of rotatable bonds is 7. The summed E-state index contributed by atoms with van der Waals surface area (Å²) in [6.45, 7) is 6.94. The van der Waals surface area contributed by atoms with E-state index in [1.165, 1.54) is 12.2 Å². The molecule has 0 bridgehead atoms. The van der Waals surface area contributed by atoms with Gasteiger partial charge >= 0.3 is 0 Å². The van der Waals surface area contributed by atoms with E-state index in [0.29, 0.717) is 11.4 Å². The Bertz CT molecular complexity index is 941. The molecule has 4 nitrogen and oxygen atoms in total. The molecule has 3 aromatic carbocycles. The predicted molar refractivity (Wildman–Crippen MR) is 118 cm³/mol. The highest BCUT2D eigenvalue weighted by atomic mass is 16.2. The molecule has 0 radical (unpaired) electrons. The molecule has 0 fully saturated rings. The van der Waals surface area contributed by atoms with Crippen molar-refractivity contribution in [3.05, 3.63) is 121 Å². The highest BCUT2D eigenvalue weighted by molar-refractivity contribution is 5.99. The molecule has 144 valence electrons. The van der Waals surface area contributed by atoms with Gasteiger partial charge in [-0.3, -0.25) is 9.59 Å². The smallest absolute Gasteiger partial charge is 0.247 e. The number of nitrogens with one attached hydrogen (secondary N) is 2. The lowest BCUT2D eigenvalue weighted by Crippen LogP contribution is -2.09. The van der Waals surface area contributed by atoms with Crippen molar-refractivity contribution < 1.29 is 9.59 Å². The zero-order valence-corrected chi connectivity index (χ0v) is 16.0. The Balaban J connectivity index is 1.93. The highest BCUT2D eigenvalue weighted by Gasteiger charge is 2.17. The molecule has 0 saturated carbocycles. The summed E-state index contributed by atoms with van der Waals surface area (Å²) in [6, 6.07) is 25.7. The van der Waals surface area contributed by atoms with E-state index < -0.39 is 0 Å². The van der Waals surface area contributed by atoms with E-state index >= 15 is 0 Å². The maximum atomic E-state index is 11.5. The van der Waals surface area contributed by atoms with Crippen LogP contribution in [0.25, 0.3) is 0 Å². The van der Waals surface area contributed by atoms with E-state index in [4.69, 9.17) is 0 Å². The van der Waals surface area contributed by atoms with E-state index in [1.54, 1.807) is 0 Å². The van der Waals surface area contributed by atoms with Gasteiger partial charge in [0, 0.05) is 17.3 Å². The molecule has 0 unspecified atom stereocenters. The Hall–Kier alpha value is -3.92. The Kier molecular flexibility index (Phi) is 6.38. The summed E-state index contributed by atoms with van der Waals surface area (Å²) in [4.78, 5) is 23.0. The summed E-state index contributed by atoms with van der Waals surface area (Å²) in [5.74, 6) is -0.464. The molecule has 3 aromatic rings. The second kappa shape index (κ2) is 9.33. The van der Waals surface area contributed by atoms with Crippen LogP contribution in [0.15, 0.2) is 104 Å². The molecule has 2 N–H and O–H groups in total. The average Bonchev–Trinajstić information content (AvgIpc) is 2.77. The van der Waals surface area contributed by atoms with Gasteiger partial charge < -0.3 is 10.6 Å². The van der Waals surface area contributed by atoms with Crippen molar-refractivity contribution in [3.8, 4) is 0 Å². The first-order valence-electron chi connectivity index (χ1n) is 9.22. The summed E-state index contributed by atoms with van der Waals surface area (Å²) in [5.41, 5.74) is 4.77. The van der Waals surface area contributed by atoms with E-state index in [1.807, 2.05) is 66.7 Å². The largest absolute Gasteiger partial charge is 0.323 e. The first-order valence-corrected chi connectivity index (χ1v) is 9.22. The quantitative estimate of drug-likeness (QED) is 0.440. The van der Waals surface area contributed by atoms with E-state index in [9.17, 15) is 9.59 Å². The third kappa shape index (κ3) is 5.08. The fraction of sp³-hybridized carbons (Fsp3) is 0.0400. The molecule has 0 aliphatic heterocycles. The van der Waals surface area contributed by atoms with Crippen molar-refractivity contribution in [2.75, 3.05) is 10.6 Å². The van der Waals surface area contributed by atoms with Crippen LogP contribution in [0, 0.1) is 0 Å². The van der Waals surface area contributed by atoms with Gasteiger partial charge in [-0.2, -0.15) is 0 Å². The second-order valence-corrected chi connectivity index (χ2v) is 6.47. The monoisotopic (exact) mass is 382 g/mol. The van der Waals surface area contributed by atoms with Gasteiger partial charge in [0.2, 0.25) is 11.8 Å². The Morgan fingerprint density at radius 3 is 1.38 bits per heavy atom. The minimum absolute atomic E-state index is 0.0181. The van der Waals surface area contributed by atoms with Crippen molar-refractivity contribution >= 4 is 23.2 Å². The van der Waals surface area contributed by atoms with Crippen LogP contribution in [-0.2, 0) is 9.59 Å². The first-order chi connectivity index (χ1) is 14.1. The van der Waals surface area contributed by atoms with Gasteiger partial charge in [0.1, 0.15) is 0 Å². The van der Waals surface area contributed by atoms with Crippen LogP contribution < -0.4 is 10.6 Å². The summed E-state index contributed by atoms with van der Waals surface area (Å²) in [7, 11) is 0. The lowest BCUT2D eigenvalue weighted by Gasteiger charge is -2.20. The van der Waals surface area contributed by atoms with Crippen LogP contribution >= 0.6 is 0 Å². The zero-order valence-electron chi connectivity index (χ0n) is 16.0. The number of amides is 2. The molecule has 3 rings (SSSR count). The zero-order chi connectivity index (χ0) is 20.6. The average molecular weight is 382 g/mol. The minimum Gasteiger partial charge on any atom is -0.323 e. The van der Waals surface area contributed by atoms with Gasteiger partial charge in [-0.05, 0) is 53.1 Å². The van der Waals surface area contributed by atoms with Crippen molar-refractivity contribution in [2.45, 2.75) is 5.92 Å². The second-order valence-electron chi connectivity index (χ2n) is 6.47. The molecule has 0 aliphatic rings. The molecule has 4 heteroatoms. The first kappa shape index (κ1) is 19.8. The van der Waals surface area contributed by atoms with Gasteiger partial charge in [-0.25, -0.2) is 0 Å². The van der Waals surface area contributed by atoms with Crippen molar-refractivity contribution in [3.63, 3.8) is 0 Å². The lowest BCUT2D eigenvalue weighted by molar-refractivity contribution is -0.112. The van der Waals surface area contributed by atoms with Crippen molar-refractivity contribution in [1.29, 1.82) is 0 Å². The number of hydrogen-bond donors (Lipinski definition) is 2. The van der Waals surface area contributed by atoms with E-state index in [-0.39, 0.29) is 17.7 Å². The predicted octanol–water partition coefficient (Wildman–Crippen LogP) is 5.12. The van der Waals surface area contributed by atoms with Crippen LogP contribution in [0.3, 0.4) is 0 Å². The summed E-state index contributed by atoms with van der Waals surface area (Å²) in [5, 5.41) is 5.53. The number of hydrogen-bond acceptors (Lipinski definition) is 2. The van der Waals surface area contributed by atoms with Gasteiger partial charge in [-0.15, -0.1) is 0 Å². The molecule has 0 saturated heterocycles. The number of carbonyl (C=O) groups excluding carboxylic acids is 2. The van der Waals surface area contributed by atoms with Gasteiger partial charge in [0.05, 0.1) is 0 Å². The molecule has 0 aromatic heterocycles. The molecule has 0 spiro atoms. The van der Waals surface area contributed by atoms with Crippen LogP contribution in [0.2, 0.25) is 0 Å². The van der Waals surface area contributed by atoms with Gasteiger partial charge in [0.15, 0.2) is 0 Å². The Morgan fingerprint density at radius 1 is 0.621 bits per heavy atom. The highest BCUT2D eigenvalue weighted by Crippen LogP contribution is 2.33. The summed E-state index contributed by atoms with van der Waals surface area (Å²) in [6.07, 6.45) is 2.49. The molecule has 0 heterocycles. The molecule has 29 heavy (non-hydrogen) atoms. The standard InChI is InChI=1S/C25H22N2O2/c1-3-23(28)26-21-14-10-19(11-15-21)25(18-8-6-5-7-9-18)20-12-16-22(17-13-20)27-24(29)4-2/h3-17,25H,1-2H2,(H,26,28)(H,27,29). The third-order valence-corrected chi connectivity index (χ3v) is 4.53. The summed E-state index contributed by atoms with van der Waals surface area (Å²) >= 11 is 0. The maximum absolute atomic E-state index is 11.5. The number of carbonyl (C=O) groups is 2. The van der Waals surface area contributed by atoms with E-state index in [0.717, 1.165) is 16.7 Å². The van der Waals surface area contributed by atoms with Gasteiger partial charge in [-0.1, -0.05) is 67.8 Å². The Labute approximate surface area is 170 Å². The van der Waals surface area contributed by atoms with Crippen LogP contribution in [0.5, 0.6) is 0 Å². The topological polar surface area (TPSA) is 58.2 Å². The molecular weight excluding hydrogens is 360 g/mol. The fourth-order valence-electron chi connectivity index (χ4n) is 3.13. The fourth-order valence-corrected chi connectivity index (χ4v) is 3.13. The van der Waals surface area contributed by atoms with Crippen LogP contribution in [0.1, 0.15) is 22.6 Å². The van der Waals surface area contributed by atoms with Crippen LogP contribution in [-0.4, -0.2) is 11.8 Å². The summed E-state index contributed by atoms with van der Waals surface area (Å²) < 4.78 is 0. The maximum Gasteiger partial charge on any atom is 0.247 e. The lowest BCUT2D eigenvalue weighted by atomic mass is 9.85. The van der Waals surface area contributed by atoms with Crippen molar-refractivity contribution in [2.24, 2.45) is 0 Å². The molecule has 2 amide bonds. The SMILES string of the molecule is C=CC(=O)Nc1ccc(C(c2ccccc2)c2ccc(NC(=O)C=C)cc2)cc1. The molecule has 0 atom stereocenters. The molecule has 0 aliphatic carbocycles. The number of benzene rings is 3. The number of anilines is 2. The van der Waals surface area contributed by atoms with E-state index in [2.05, 4.69) is 35.9 Å².